The molecule has 0 radical (unpaired) electrons. The molecule has 0 spiro atoms. The molecule has 2 aromatic rings. The van der Waals surface area contributed by atoms with Crippen LogP contribution in [-0.2, 0) is 21.2 Å². The second-order valence-electron chi connectivity index (χ2n) is 7.11. The number of sulfonamides is 1. The summed E-state index contributed by atoms with van der Waals surface area (Å²) in [5.41, 5.74) is 2.23. The Bertz CT molecular complexity index is 1010. The van der Waals surface area contributed by atoms with E-state index < -0.39 is 10.0 Å². The summed E-state index contributed by atoms with van der Waals surface area (Å²) in [6.07, 6.45) is 2.40. The SMILES string of the molecule is COc1ccc(CCNC(=O)CCCN(c2cccc(Cl)c2C)S(C)(=O)=O)cc1OC. The number of rotatable bonds is 11. The fourth-order valence-electron chi connectivity index (χ4n) is 3.19. The third-order valence-corrected chi connectivity index (χ3v) is 6.45. The highest BCUT2D eigenvalue weighted by Crippen LogP contribution is 2.29. The Morgan fingerprint density at radius 1 is 1.13 bits per heavy atom. The van der Waals surface area contributed by atoms with E-state index in [0.717, 1.165) is 11.8 Å². The van der Waals surface area contributed by atoms with Crippen LogP contribution in [0.4, 0.5) is 5.69 Å². The van der Waals surface area contributed by atoms with Gasteiger partial charge in [0.25, 0.3) is 0 Å². The molecule has 0 aliphatic carbocycles. The van der Waals surface area contributed by atoms with Crippen LogP contribution in [0.25, 0.3) is 0 Å². The summed E-state index contributed by atoms with van der Waals surface area (Å²) in [5, 5.41) is 3.37. The molecule has 0 heterocycles. The van der Waals surface area contributed by atoms with Crippen LogP contribution in [-0.4, -0.2) is 47.9 Å². The minimum atomic E-state index is -3.50. The first-order valence-electron chi connectivity index (χ1n) is 9.87. The molecule has 1 amide bonds. The van der Waals surface area contributed by atoms with Crippen molar-refractivity contribution in [3.8, 4) is 11.5 Å². The number of hydrogen-bond acceptors (Lipinski definition) is 5. The Labute approximate surface area is 189 Å². The van der Waals surface area contributed by atoms with E-state index in [-0.39, 0.29) is 18.9 Å². The predicted octanol–water partition coefficient (Wildman–Crippen LogP) is 3.57. The zero-order chi connectivity index (χ0) is 23.0. The zero-order valence-corrected chi connectivity index (χ0v) is 19.8. The molecule has 0 bridgehead atoms. The Morgan fingerprint density at radius 2 is 1.84 bits per heavy atom. The number of nitrogens with one attached hydrogen (secondary N) is 1. The third kappa shape index (κ3) is 7.04. The van der Waals surface area contributed by atoms with E-state index >= 15 is 0 Å². The van der Waals surface area contributed by atoms with Crippen LogP contribution < -0.4 is 19.1 Å². The number of carbonyl (C=O) groups excluding carboxylic acids is 1. The Morgan fingerprint density at radius 3 is 2.48 bits per heavy atom. The van der Waals surface area contributed by atoms with Gasteiger partial charge in [0, 0.05) is 24.5 Å². The lowest BCUT2D eigenvalue weighted by Gasteiger charge is -2.24. The van der Waals surface area contributed by atoms with E-state index in [9.17, 15) is 13.2 Å². The van der Waals surface area contributed by atoms with Crippen molar-refractivity contribution < 1.29 is 22.7 Å². The van der Waals surface area contributed by atoms with Gasteiger partial charge in [0.05, 0.1) is 26.2 Å². The first-order valence-corrected chi connectivity index (χ1v) is 12.1. The average molecular weight is 469 g/mol. The number of benzene rings is 2. The lowest BCUT2D eigenvalue weighted by molar-refractivity contribution is -0.121. The van der Waals surface area contributed by atoms with Gasteiger partial charge in [-0.25, -0.2) is 8.42 Å². The smallest absolute Gasteiger partial charge is 0.232 e. The summed E-state index contributed by atoms with van der Waals surface area (Å²) in [6.45, 7) is 2.44. The number of methoxy groups -OCH3 is 2. The van der Waals surface area contributed by atoms with Gasteiger partial charge in [-0.05, 0) is 55.2 Å². The zero-order valence-electron chi connectivity index (χ0n) is 18.3. The van der Waals surface area contributed by atoms with Crippen molar-refractivity contribution in [2.24, 2.45) is 0 Å². The van der Waals surface area contributed by atoms with Crippen molar-refractivity contribution in [1.29, 1.82) is 0 Å². The monoisotopic (exact) mass is 468 g/mol. The van der Waals surface area contributed by atoms with Gasteiger partial charge >= 0.3 is 0 Å². The highest BCUT2D eigenvalue weighted by atomic mass is 35.5. The molecule has 0 aliphatic heterocycles. The summed E-state index contributed by atoms with van der Waals surface area (Å²) < 4.78 is 36.3. The standard InChI is InChI=1S/C22H29ClN2O5S/c1-16-18(23)7-5-8-19(16)25(31(4,27)28)14-6-9-22(26)24-13-12-17-10-11-20(29-2)21(15-17)30-3/h5,7-8,10-11,15H,6,9,12-14H2,1-4H3,(H,24,26). The van der Waals surface area contributed by atoms with Gasteiger partial charge in [0.15, 0.2) is 11.5 Å². The van der Waals surface area contributed by atoms with Crippen LogP contribution in [0.15, 0.2) is 36.4 Å². The van der Waals surface area contributed by atoms with Crippen molar-refractivity contribution in [2.75, 3.05) is 37.9 Å². The van der Waals surface area contributed by atoms with E-state index in [1.807, 2.05) is 18.2 Å². The molecule has 9 heteroatoms. The topological polar surface area (TPSA) is 84.9 Å². The second-order valence-corrected chi connectivity index (χ2v) is 9.43. The van der Waals surface area contributed by atoms with Gasteiger partial charge < -0.3 is 14.8 Å². The van der Waals surface area contributed by atoms with Crippen molar-refractivity contribution >= 4 is 33.2 Å². The molecule has 0 aromatic heterocycles. The van der Waals surface area contributed by atoms with Crippen LogP contribution in [0.2, 0.25) is 5.02 Å². The fourth-order valence-corrected chi connectivity index (χ4v) is 4.37. The molecule has 170 valence electrons. The maximum absolute atomic E-state index is 12.3. The van der Waals surface area contributed by atoms with Gasteiger partial charge in [-0.1, -0.05) is 23.7 Å². The lowest BCUT2D eigenvalue weighted by atomic mass is 10.1. The average Bonchev–Trinajstić information content (AvgIpc) is 2.72. The van der Waals surface area contributed by atoms with Gasteiger partial charge in [0.2, 0.25) is 15.9 Å². The molecule has 7 nitrogen and oxygen atoms in total. The van der Waals surface area contributed by atoms with E-state index in [4.69, 9.17) is 21.1 Å². The van der Waals surface area contributed by atoms with E-state index in [1.165, 1.54) is 4.31 Å². The van der Waals surface area contributed by atoms with Gasteiger partial charge in [-0.15, -0.1) is 0 Å². The Balaban J connectivity index is 1.87. The molecule has 0 fully saturated rings. The number of nitrogens with zero attached hydrogens (tertiary/aromatic N) is 1. The molecule has 0 saturated heterocycles. The van der Waals surface area contributed by atoms with Crippen LogP contribution >= 0.6 is 11.6 Å². The van der Waals surface area contributed by atoms with Crippen molar-refractivity contribution in [3.05, 3.63) is 52.5 Å². The minimum Gasteiger partial charge on any atom is -0.493 e. The van der Waals surface area contributed by atoms with Gasteiger partial charge in [0.1, 0.15) is 0 Å². The summed E-state index contributed by atoms with van der Waals surface area (Å²) in [7, 11) is -0.342. The van der Waals surface area contributed by atoms with E-state index in [0.29, 0.717) is 47.2 Å². The second kappa shape index (κ2) is 11.2. The Hall–Kier alpha value is -2.45. The van der Waals surface area contributed by atoms with Crippen molar-refractivity contribution in [2.45, 2.75) is 26.2 Å². The highest BCUT2D eigenvalue weighted by Gasteiger charge is 2.20. The number of hydrogen-bond donors (Lipinski definition) is 1. The predicted molar refractivity (Wildman–Crippen MR) is 124 cm³/mol. The molecular formula is C22H29ClN2O5S. The first-order chi connectivity index (χ1) is 14.7. The number of anilines is 1. The maximum Gasteiger partial charge on any atom is 0.232 e. The molecular weight excluding hydrogens is 440 g/mol. The normalized spacial score (nSPS) is 11.1. The lowest BCUT2D eigenvalue weighted by Crippen LogP contribution is -2.33. The third-order valence-electron chi connectivity index (χ3n) is 4.86. The molecule has 0 atom stereocenters. The summed E-state index contributed by atoms with van der Waals surface area (Å²) >= 11 is 6.14. The van der Waals surface area contributed by atoms with E-state index in [1.54, 1.807) is 39.3 Å². The molecule has 2 rings (SSSR count). The first kappa shape index (κ1) is 24.8. The summed E-state index contributed by atoms with van der Waals surface area (Å²) in [4.78, 5) is 12.2. The molecule has 31 heavy (non-hydrogen) atoms. The van der Waals surface area contributed by atoms with Crippen LogP contribution in [0.1, 0.15) is 24.0 Å². The number of carbonyl (C=O) groups is 1. The molecule has 2 aromatic carbocycles. The highest BCUT2D eigenvalue weighted by molar-refractivity contribution is 7.92. The summed E-state index contributed by atoms with van der Waals surface area (Å²) in [6, 6.07) is 10.8. The quantitative estimate of drug-likeness (QED) is 0.545. The van der Waals surface area contributed by atoms with Crippen molar-refractivity contribution in [3.63, 3.8) is 0 Å². The fraction of sp³-hybridized carbons (Fsp3) is 0.409. The Kier molecular flexibility index (Phi) is 9.00. The van der Waals surface area contributed by atoms with Crippen molar-refractivity contribution in [1.82, 2.24) is 5.32 Å². The molecule has 0 saturated carbocycles. The largest absolute Gasteiger partial charge is 0.493 e. The van der Waals surface area contributed by atoms with Gasteiger partial charge in [-0.2, -0.15) is 0 Å². The number of halogens is 1. The maximum atomic E-state index is 12.3. The number of ether oxygens (including phenoxy) is 2. The minimum absolute atomic E-state index is 0.128. The van der Waals surface area contributed by atoms with Gasteiger partial charge in [-0.3, -0.25) is 9.10 Å². The van der Waals surface area contributed by atoms with Crippen LogP contribution in [0.5, 0.6) is 11.5 Å². The van der Waals surface area contributed by atoms with E-state index in [2.05, 4.69) is 5.32 Å². The molecule has 1 N–H and O–H groups in total. The molecule has 0 aliphatic rings. The van der Waals surface area contributed by atoms with Crippen LogP contribution in [0.3, 0.4) is 0 Å². The summed E-state index contributed by atoms with van der Waals surface area (Å²) in [5.74, 6) is 1.17. The number of amides is 1. The van der Waals surface area contributed by atoms with Crippen LogP contribution in [0, 0.1) is 6.92 Å². The molecule has 0 unspecified atom stereocenters.